The number of hydrogen-bond acceptors (Lipinski definition) is 10. The third-order valence-electron chi connectivity index (χ3n) is 11.8. The van der Waals surface area contributed by atoms with E-state index in [0.29, 0.717) is 48.0 Å². The monoisotopic (exact) mass is 964 g/mol. The zero-order chi connectivity index (χ0) is 51.6. The fourth-order valence-electron chi connectivity index (χ4n) is 7.59. The van der Waals surface area contributed by atoms with Crippen molar-refractivity contribution >= 4 is 58.0 Å². The summed E-state index contributed by atoms with van der Waals surface area (Å²) in [5, 5.41) is 0. The number of rotatable bonds is 25. The van der Waals surface area contributed by atoms with Gasteiger partial charge in [0, 0.05) is 82.1 Å². The Labute approximate surface area is 424 Å². The molecule has 0 fully saturated rings. The summed E-state index contributed by atoms with van der Waals surface area (Å²) in [6.45, 7) is 22.3. The van der Waals surface area contributed by atoms with Gasteiger partial charge >= 0.3 is 23.9 Å². The molecule has 10 nitrogen and oxygen atoms in total. The van der Waals surface area contributed by atoms with Crippen LogP contribution < -0.4 is 9.80 Å². The SMILES string of the molecule is C=C(C)C(=O)OCCc1ccc(N(c2ccc(CCOC(=O)C(=C)C)cc2)c2ccc(CCc3ccc(N(c4ccc(CCOC(=O)C(=C)C)cc4)c4ccc(CCOC(=O)C(=C)C)cc4)cc3)cc2)cc1. The minimum atomic E-state index is -0.394. The fraction of sp³-hybridized carbons (Fsp3) is 0.226. The van der Waals surface area contributed by atoms with Crippen LogP contribution in [0, 0.1) is 0 Å². The first-order chi connectivity index (χ1) is 34.6. The average molecular weight is 965 g/mol. The predicted octanol–water partition coefficient (Wildman–Crippen LogP) is 13.1. The third kappa shape index (κ3) is 15.6. The minimum absolute atomic E-state index is 0.269. The Morgan fingerprint density at radius 1 is 0.292 bits per heavy atom. The molecule has 10 heteroatoms. The standard InChI is InChI=1S/C62H64N2O8/c1-43(2)59(65)69-39-35-49-15-27-55(28-16-49)63(56-29-17-50(18-30-56)36-40-70-60(66)44(3)4)53-23-11-47(12-24-53)9-10-48-13-25-54(26-14-48)64(57-31-19-51(20-32-57)37-41-71-61(67)45(5)6)58-33-21-52(22-34-58)38-42-72-62(68)46(7)8/h11-34H,1,3,5,7,9-10,35-42H2,2,4,6,8H3. The molecule has 0 heterocycles. The minimum Gasteiger partial charge on any atom is -0.462 e. The number of nitrogens with zero attached hydrogens (tertiary/aromatic N) is 2. The number of benzene rings is 6. The average Bonchev–Trinajstić information content (AvgIpc) is 3.38. The first kappa shape index (κ1) is 53.1. The Kier molecular flexibility index (Phi) is 19.3. The van der Waals surface area contributed by atoms with Gasteiger partial charge in [-0.1, -0.05) is 99.1 Å². The number of carbonyl (C=O) groups is 4. The van der Waals surface area contributed by atoms with E-state index < -0.39 is 23.9 Å². The maximum absolute atomic E-state index is 11.9. The third-order valence-corrected chi connectivity index (χ3v) is 11.8. The van der Waals surface area contributed by atoms with Gasteiger partial charge in [0.2, 0.25) is 0 Å². The van der Waals surface area contributed by atoms with E-state index in [1.807, 2.05) is 0 Å². The molecule has 72 heavy (non-hydrogen) atoms. The van der Waals surface area contributed by atoms with Gasteiger partial charge < -0.3 is 28.7 Å². The van der Waals surface area contributed by atoms with Gasteiger partial charge in [0.05, 0.1) is 26.4 Å². The Balaban J connectivity index is 1.16. The molecule has 0 aliphatic heterocycles. The summed E-state index contributed by atoms with van der Waals surface area (Å²) in [7, 11) is 0. The van der Waals surface area contributed by atoms with Crippen LogP contribution in [0.2, 0.25) is 0 Å². The molecule has 0 spiro atoms. The number of ether oxygens (including phenoxy) is 4. The highest BCUT2D eigenvalue weighted by atomic mass is 16.5. The summed E-state index contributed by atoms with van der Waals surface area (Å²) in [4.78, 5) is 52.1. The van der Waals surface area contributed by atoms with E-state index in [9.17, 15) is 19.2 Å². The molecule has 0 unspecified atom stereocenters. The Hall–Kier alpha value is -8.24. The molecule has 0 bridgehead atoms. The summed E-state index contributed by atoms with van der Waals surface area (Å²) in [5.41, 5.74) is 13.9. The van der Waals surface area contributed by atoms with Crippen LogP contribution in [0.4, 0.5) is 34.1 Å². The van der Waals surface area contributed by atoms with E-state index in [1.165, 1.54) is 11.1 Å². The van der Waals surface area contributed by atoms with Gasteiger partial charge in [-0.05, 0) is 147 Å². The van der Waals surface area contributed by atoms with Gasteiger partial charge in [0.15, 0.2) is 0 Å². The zero-order valence-electron chi connectivity index (χ0n) is 41.9. The number of aryl methyl sites for hydroxylation is 2. The second-order valence-electron chi connectivity index (χ2n) is 17.8. The molecule has 0 atom stereocenters. The van der Waals surface area contributed by atoms with Crippen molar-refractivity contribution in [3.63, 3.8) is 0 Å². The van der Waals surface area contributed by atoms with Crippen LogP contribution in [-0.4, -0.2) is 50.3 Å². The lowest BCUT2D eigenvalue weighted by Crippen LogP contribution is -2.11. The highest BCUT2D eigenvalue weighted by Gasteiger charge is 2.16. The molecule has 6 aromatic carbocycles. The largest absolute Gasteiger partial charge is 0.462 e. The molecule has 0 aliphatic carbocycles. The zero-order valence-corrected chi connectivity index (χ0v) is 41.9. The number of hydrogen-bond donors (Lipinski definition) is 0. The number of anilines is 6. The molecule has 0 saturated heterocycles. The van der Waals surface area contributed by atoms with E-state index in [1.54, 1.807) is 27.7 Å². The van der Waals surface area contributed by atoms with Gasteiger partial charge in [-0.3, -0.25) is 0 Å². The van der Waals surface area contributed by atoms with Crippen molar-refractivity contribution in [1.29, 1.82) is 0 Å². The Bertz CT molecular complexity index is 2500. The van der Waals surface area contributed by atoms with E-state index in [2.05, 4.69) is 182 Å². The van der Waals surface area contributed by atoms with Crippen molar-refractivity contribution < 1.29 is 38.1 Å². The predicted molar refractivity (Wildman–Crippen MR) is 288 cm³/mol. The molecule has 0 aliphatic rings. The van der Waals surface area contributed by atoms with Gasteiger partial charge in [0.25, 0.3) is 0 Å². The van der Waals surface area contributed by atoms with E-state index >= 15 is 0 Å². The molecule has 6 aromatic rings. The van der Waals surface area contributed by atoms with Crippen molar-refractivity contribution in [2.24, 2.45) is 0 Å². The number of esters is 4. The van der Waals surface area contributed by atoms with Crippen molar-refractivity contribution in [2.75, 3.05) is 36.2 Å². The van der Waals surface area contributed by atoms with Gasteiger partial charge in [-0.15, -0.1) is 0 Å². The Morgan fingerprint density at radius 3 is 0.597 bits per heavy atom. The smallest absolute Gasteiger partial charge is 0.333 e. The highest BCUT2D eigenvalue weighted by molar-refractivity contribution is 5.88. The molecule has 0 aromatic heterocycles. The summed E-state index contributed by atoms with van der Waals surface area (Å²) >= 11 is 0. The van der Waals surface area contributed by atoms with Crippen molar-refractivity contribution in [3.8, 4) is 0 Å². The van der Waals surface area contributed by atoms with Gasteiger partial charge in [-0.2, -0.15) is 0 Å². The van der Waals surface area contributed by atoms with Crippen LogP contribution in [0.25, 0.3) is 0 Å². The molecule has 6 rings (SSSR count). The molecule has 370 valence electrons. The maximum atomic E-state index is 11.9. The van der Waals surface area contributed by atoms with E-state index in [0.717, 1.165) is 69.2 Å². The first-order valence-corrected chi connectivity index (χ1v) is 24.1. The summed E-state index contributed by atoms with van der Waals surface area (Å²) in [6.07, 6.45) is 4.01. The normalized spacial score (nSPS) is 10.7. The first-order valence-electron chi connectivity index (χ1n) is 24.1. The molecular formula is C62H64N2O8. The summed E-state index contributed by atoms with van der Waals surface area (Å²) < 4.78 is 21.3. The fourth-order valence-corrected chi connectivity index (χ4v) is 7.59. The van der Waals surface area contributed by atoms with Crippen LogP contribution in [0.5, 0.6) is 0 Å². The lowest BCUT2D eigenvalue weighted by Gasteiger charge is -2.26. The lowest BCUT2D eigenvalue weighted by atomic mass is 10.0. The quantitative estimate of drug-likeness (QED) is 0.0312. The van der Waals surface area contributed by atoms with Crippen molar-refractivity contribution in [3.05, 3.63) is 228 Å². The molecule has 0 radical (unpaired) electrons. The van der Waals surface area contributed by atoms with E-state index in [4.69, 9.17) is 18.9 Å². The van der Waals surface area contributed by atoms with Crippen molar-refractivity contribution in [1.82, 2.24) is 0 Å². The summed E-state index contributed by atoms with van der Waals surface area (Å²) in [6, 6.07) is 50.3. The van der Waals surface area contributed by atoms with Gasteiger partial charge in [0.1, 0.15) is 0 Å². The topological polar surface area (TPSA) is 112 Å². The van der Waals surface area contributed by atoms with Crippen LogP contribution in [0.3, 0.4) is 0 Å². The highest BCUT2D eigenvalue weighted by Crippen LogP contribution is 2.37. The number of carbonyl (C=O) groups excluding carboxylic acids is 4. The van der Waals surface area contributed by atoms with Gasteiger partial charge in [-0.25, -0.2) is 19.2 Å². The van der Waals surface area contributed by atoms with E-state index in [-0.39, 0.29) is 26.4 Å². The maximum Gasteiger partial charge on any atom is 0.333 e. The van der Waals surface area contributed by atoms with Crippen molar-refractivity contribution in [2.45, 2.75) is 66.2 Å². The Morgan fingerprint density at radius 2 is 0.444 bits per heavy atom. The van der Waals surface area contributed by atoms with Crippen LogP contribution in [0.15, 0.2) is 194 Å². The second-order valence-corrected chi connectivity index (χ2v) is 17.8. The second kappa shape index (κ2) is 26.1. The van der Waals surface area contributed by atoms with Crippen LogP contribution in [0.1, 0.15) is 61.1 Å². The molecular weight excluding hydrogens is 901 g/mol. The van der Waals surface area contributed by atoms with Crippen LogP contribution in [-0.2, 0) is 76.7 Å². The lowest BCUT2D eigenvalue weighted by molar-refractivity contribution is -0.139. The summed E-state index contributed by atoms with van der Waals surface area (Å²) in [5.74, 6) is -1.57. The van der Waals surface area contributed by atoms with Crippen LogP contribution >= 0.6 is 0 Å². The molecule has 0 N–H and O–H groups in total. The molecule has 0 amide bonds. The molecule has 0 saturated carbocycles.